The van der Waals surface area contributed by atoms with Gasteiger partial charge in [0.15, 0.2) is 0 Å². The number of hydrogen-bond acceptors (Lipinski definition) is 2. The molecule has 0 aliphatic rings. The smallest absolute Gasteiger partial charge is 0.105 e. The summed E-state index contributed by atoms with van der Waals surface area (Å²) in [6.45, 7) is 37.5. The van der Waals surface area contributed by atoms with Gasteiger partial charge in [-0.15, -0.1) is 0 Å². The molecule has 0 aliphatic heterocycles. The van der Waals surface area contributed by atoms with Crippen molar-refractivity contribution < 1.29 is 1.43 Å². The summed E-state index contributed by atoms with van der Waals surface area (Å²) in [5.41, 5.74) is 2.69. The van der Waals surface area contributed by atoms with Gasteiger partial charge in [0.2, 0.25) is 0 Å². The van der Waals surface area contributed by atoms with Crippen molar-refractivity contribution in [2.45, 2.75) is 157 Å². The summed E-state index contributed by atoms with van der Waals surface area (Å²) in [5, 5.41) is 4.05. The Hall–Kier alpha value is -2.30. The summed E-state index contributed by atoms with van der Waals surface area (Å²) in [6, 6.07) is 6.82. The van der Waals surface area contributed by atoms with Crippen LogP contribution in [0.1, 0.15) is 169 Å². The maximum atomic E-state index is 4.10. The van der Waals surface area contributed by atoms with Gasteiger partial charge in [-0.2, -0.15) is 5.10 Å². The van der Waals surface area contributed by atoms with E-state index in [-0.39, 0.29) is 16.3 Å². The predicted octanol–water partition coefficient (Wildman–Crippen LogP) is 12.7. The highest BCUT2D eigenvalue weighted by atomic mass is 15.3. The average Bonchev–Trinajstić information content (AvgIpc) is 3.65. The maximum Gasteiger partial charge on any atom is 0.105 e. The highest BCUT2D eigenvalue weighted by molar-refractivity contribution is 5.10. The molecule has 3 aromatic heterocycles. The Morgan fingerprint density at radius 3 is 1.20 bits per heavy atom. The second-order valence-corrected chi connectivity index (χ2v) is 9.44. The molecule has 3 heterocycles. The zero-order valence-electron chi connectivity index (χ0n) is 30.1. The third-order valence-electron chi connectivity index (χ3n) is 4.44. The van der Waals surface area contributed by atoms with Crippen molar-refractivity contribution in [3.8, 4) is 0 Å². The summed E-state index contributed by atoms with van der Waals surface area (Å²) < 4.78 is 6.20. The molecule has 0 saturated heterocycles. The second kappa shape index (κ2) is 37.7. The van der Waals surface area contributed by atoms with Gasteiger partial charge in [-0.3, -0.25) is 4.68 Å². The second-order valence-electron chi connectivity index (χ2n) is 9.44. The first-order chi connectivity index (χ1) is 18.4. The van der Waals surface area contributed by atoms with Gasteiger partial charge in [0.1, 0.15) is 5.82 Å². The van der Waals surface area contributed by atoms with Crippen LogP contribution in [0.3, 0.4) is 0 Å². The van der Waals surface area contributed by atoms with Crippen LogP contribution < -0.4 is 0 Å². The Morgan fingerprint density at radius 1 is 0.634 bits per heavy atom. The SMILES string of the molecule is C.C.CC.CC.CC.CC.CC(C)C.CC(C)c1cccn1C.CC(C)c1ccnn1C.Cc1nccn1C(C)C.[2HH]. The van der Waals surface area contributed by atoms with Crippen molar-refractivity contribution in [3.63, 3.8) is 0 Å². The molecular weight excluding hydrogens is 502 g/mol. The Kier molecular flexibility index (Phi) is 50.3. The van der Waals surface area contributed by atoms with E-state index < -0.39 is 0 Å². The van der Waals surface area contributed by atoms with Crippen LogP contribution in [-0.4, -0.2) is 23.9 Å². The fraction of sp³-hybridized carbons (Fsp3) is 0.722. The minimum atomic E-state index is 0. The molecule has 0 spiro atoms. The molecule has 0 amide bonds. The number of aromatic nitrogens is 5. The van der Waals surface area contributed by atoms with Gasteiger partial charge in [-0.25, -0.2) is 4.98 Å². The highest BCUT2D eigenvalue weighted by Crippen LogP contribution is 2.12. The Balaban J connectivity index is -0.0000000565. The molecule has 0 unspecified atom stereocenters. The standard InChI is InChI=1S/C8H13N.2C7H12N2.C4H10.4C2H6.2CH4.H2/c1-7(2)8-5-4-6-9(8)3;1-6(2)7-4-5-8-9(7)3;1-6(2)9-5-4-8-7(9)3;1-4(2)3;4*1-2;;;/h4-7H,1-3H3;2*4-6H,1-3H3;4H,1-3H3;4*1-2H3;2*1H4;1H/i;;;;;;;;;;1+1. The molecule has 0 aromatic carbocycles. The van der Waals surface area contributed by atoms with E-state index >= 15 is 0 Å². The van der Waals surface area contributed by atoms with E-state index in [1.807, 2.05) is 98.7 Å². The minimum Gasteiger partial charge on any atom is -0.354 e. The third kappa shape index (κ3) is 30.5. The van der Waals surface area contributed by atoms with Crippen LogP contribution in [-0.2, 0) is 14.1 Å². The summed E-state index contributed by atoms with van der Waals surface area (Å²) in [4.78, 5) is 4.10. The van der Waals surface area contributed by atoms with Crippen molar-refractivity contribution in [1.29, 1.82) is 0 Å². The van der Waals surface area contributed by atoms with Crippen LogP contribution in [0.5, 0.6) is 0 Å². The zero-order valence-corrected chi connectivity index (χ0v) is 30.1. The summed E-state index contributed by atoms with van der Waals surface area (Å²) in [7, 11) is 4.05. The minimum absolute atomic E-state index is 0. The lowest BCUT2D eigenvalue weighted by atomic mass is 10.1. The van der Waals surface area contributed by atoms with Gasteiger partial charge in [-0.05, 0) is 56.7 Å². The van der Waals surface area contributed by atoms with Crippen LogP contribution in [0.15, 0.2) is 43.0 Å². The first kappa shape index (κ1) is 54.7. The van der Waals surface area contributed by atoms with Crippen LogP contribution in [0.25, 0.3) is 0 Å². The molecule has 0 bridgehead atoms. The predicted molar refractivity (Wildman–Crippen MR) is 196 cm³/mol. The van der Waals surface area contributed by atoms with Crippen molar-refractivity contribution in [3.05, 3.63) is 60.2 Å². The molecule has 5 nitrogen and oxygen atoms in total. The molecule has 41 heavy (non-hydrogen) atoms. The Labute approximate surface area is 262 Å². The fourth-order valence-corrected chi connectivity index (χ4v) is 2.96. The number of hydrogen-bond donors (Lipinski definition) is 0. The molecule has 0 aliphatic carbocycles. The molecule has 0 saturated carbocycles. The average molecular weight is 585 g/mol. The molecular formula is C36H81N5. The number of rotatable bonds is 3. The van der Waals surface area contributed by atoms with Gasteiger partial charge >= 0.3 is 0 Å². The van der Waals surface area contributed by atoms with E-state index in [4.69, 9.17) is 0 Å². The molecule has 3 rings (SSSR count). The van der Waals surface area contributed by atoms with Crippen LogP contribution in [0.2, 0.25) is 0 Å². The van der Waals surface area contributed by atoms with Crippen LogP contribution in [0.4, 0.5) is 0 Å². The van der Waals surface area contributed by atoms with Gasteiger partial charge < -0.3 is 9.13 Å². The highest BCUT2D eigenvalue weighted by Gasteiger charge is 2.01. The van der Waals surface area contributed by atoms with Crippen LogP contribution in [0, 0.1) is 12.8 Å². The van der Waals surface area contributed by atoms with Crippen molar-refractivity contribution >= 4 is 0 Å². The molecule has 250 valence electrons. The van der Waals surface area contributed by atoms with E-state index in [9.17, 15) is 0 Å². The topological polar surface area (TPSA) is 40.6 Å². The zero-order chi connectivity index (χ0) is 32.1. The van der Waals surface area contributed by atoms with E-state index in [1.165, 1.54) is 11.4 Å². The molecule has 0 fully saturated rings. The number of aryl methyl sites for hydroxylation is 3. The molecule has 5 heteroatoms. The van der Waals surface area contributed by atoms with E-state index in [0.29, 0.717) is 17.9 Å². The van der Waals surface area contributed by atoms with E-state index in [0.717, 1.165) is 11.7 Å². The largest absolute Gasteiger partial charge is 0.354 e. The summed E-state index contributed by atoms with van der Waals surface area (Å²) >= 11 is 0. The molecule has 0 atom stereocenters. The summed E-state index contributed by atoms with van der Waals surface area (Å²) in [5.74, 6) is 3.15. The molecule has 0 N–H and O–H groups in total. The Morgan fingerprint density at radius 2 is 1.05 bits per heavy atom. The Bertz CT molecular complexity index is 719. The van der Waals surface area contributed by atoms with Gasteiger partial charge in [0.25, 0.3) is 0 Å². The fourth-order valence-electron chi connectivity index (χ4n) is 2.96. The monoisotopic (exact) mass is 585 g/mol. The lowest BCUT2D eigenvalue weighted by Gasteiger charge is -2.07. The van der Waals surface area contributed by atoms with Gasteiger partial charge in [0.05, 0.1) is 0 Å². The lowest BCUT2D eigenvalue weighted by Crippen LogP contribution is -2.00. The van der Waals surface area contributed by atoms with E-state index in [2.05, 4.69) is 107 Å². The maximum absolute atomic E-state index is 4.10. The van der Waals surface area contributed by atoms with Gasteiger partial charge in [-0.1, -0.05) is 119 Å². The van der Waals surface area contributed by atoms with Crippen molar-refractivity contribution in [2.24, 2.45) is 20.0 Å². The third-order valence-corrected chi connectivity index (χ3v) is 4.44. The molecule has 0 radical (unpaired) electrons. The quantitative estimate of drug-likeness (QED) is 0.307. The van der Waals surface area contributed by atoms with Crippen molar-refractivity contribution in [2.75, 3.05) is 0 Å². The normalized spacial score (nSPS) is 8.49. The molecule has 3 aromatic rings. The number of imidazole rings is 1. The first-order valence-electron chi connectivity index (χ1n) is 15.5. The van der Waals surface area contributed by atoms with Crippen LogP contribution >= 0.6 is 0 Å². The van der Waals surface area contributed by atoms with Gasteiger partial charge in [0, 0.05) is 57.7 Å². The summed E-state index contributed by atoms with van der Waals surface area (Å²) in [6.07, 6.45) is 7.74. The van der Waals surface area contributed by atoms with E-state index in [1.54, 1.807) is 0 Å². The number of nitrogens with zero attached hydrogens (tertiary/aromatic N) is 5. The first-order valence-corrected chi connectivity index (χ1v) is 15.5. The van der Waals surface area contributed by atoms with Crippen molar-refractivity contribution in [1.82, 2.24) is 23.9 Å². The lowest BCUT2D eigenvalue weighted by molar-refractivity contribution is 0.582.